The molecule has 1 aromatic rings. The van der Waals surface area contributed by atoms with Crippen molar-refractivity contribution >= 4 is 5.91 Å². The summed E-state index contributed by atoms with van der Waals surface area (Å²) >= 11 is 0. The molecule has 126 valence electrons. The van der Waals surface area contributed by atoms with Crippen molar-refractivity contribution in [2.45, 2.75) is 24.9 Å². The summed E-state index contributed by atoms with van der Waals surface area (Å²) in [5.41, 5.74) is 1.10. The number of rotatable bonds is 4. The molecule has 3 rings (SSSR count). The SMILES string of the molecule is CN1CCN(C(C(=O)NC2CCNCC2)c2ccccc2)CC1. The highest BCUT2D eigenvalue weighted by molar-refractivity contribution is 5.83. The summed E-state index contributed by atoms with van der Waals surface area (Å²) < 4.78 is 0. The second-order valence-corrected chi connectivity index (χ2v) is 6.69. The van der Waals surface area contributed by atoms with E-state index < -0.39 is 0 Å². The largest absolute Gasteiger partial charge is 0.352 e. The molecule has 0 bridgehead atoms. The van der Waals surface area contributed by atoms with E-state index in [0.29, 0.717) is 6.04 Å². The first-order chi connectivity index (χ1) is 11.2. The van der Waals surface area contributed by atoms with Gasteiger partial charge >= 0.3 is 0 Å². The standard InChI is InChI=1S/C18H28N4O/c1-21-11-13-22(14-12-21)17(15-5-3-2-4-6-15)18(23)20-16-7-9-19-10-8-16/h2-6,16-17,19H,7-14H2,1H3,(H,20,23). The van der Waals surface area contributed by atoms with Gasteiger partial charge in [-0.3, -0.25) is 9.69 Å². The van der Waals surface area contributed by atoms with Gasteiger partial charge in [-0.2, -0.15) is 0 Å². The Morgan fingerprint density at radius 1 is 1.13 bits per heavy atom. The van der Waals surface area contributed by atoms with Crippen molar-refractivity contribution < 1.29 is 4.79 Å². The van der Waals surface area contributed by atoms with Gasteiger partial charge in [0.1, 0.15) is 6.04 Å². The van der Waals surface area contributed by atoms with Crippen LogP contribution in [0.3, 0.4) is 0 Å². The molecule has 0 saturated carbocycles. The Kier molecular flexibility index (Phi) is 5.65. The Hall–Kier alpha value is -1.43. The van der Waals surface area contributed by atoms with Gasteiger partial charge < -0.3 is 15.5 Å². The molecule has 0 radical (unpaired) electrons. The van der Waals surface area contributed by atoms with Crippen LogP contribution in [0.5, 0.6) is 0 Å². The van der Waals surface area contributed by atoms with E-state index in [9.17, 15) is 4.79 Å². The zero-order chi connectivity index (χ0) is 16.1. The quantitative estimate of drug-likeness (QED) is 0.864. The predicted molar refractivity (Wildman–Crippen MR) is 92.3 cm³/mol. The van der Waals surface area contributed by atoms with Crippen LogP contribution in [0.1, 0.15) is 24.4 Å². The summed E-state index contributed by atoms with van der Waals surface area (Å²) in [6.07, 6.45) is 2.05. The second kappa shape index (κ2) is 7.90. The molecule has 2 fully saturated rings. The smallest absolute Gasteiger partial charge is 0.242 e. The van der Waals surface area contributed by atoms with Gasteiger partial charge in [-0.25, -0.2) is 0 Å². The molecule has 1 aromatic carbocycles. The van der Waals surface area contributed by atoms with Gasteiger partial charge in [0.2, 0.25) is 5.91 Å². The molecular weight excluding hydrogens is 288 g/mol. The van der Waals surface area contributed by atoms with Crippen molar-refractivity contribution in [3.8, 4) is 0 Å². The third-order valence-corrected chi connectivity index (χ3v) is 4.95. The number of hydrogen-bond acceptors (Lipinski definition) is 4. The van der Waals surface area contributed by atoms with E-state index in [4.69, 9.17) is 0 Å². The number of nitrogens with zero attached hydrogens (tertiary/aromatic N) is 2. The van der Waals surface area contributed by atoms with Crippen LogP contribution in [-0.4, -0.2) is 68.1 Å². The number of carbonyl (C=O) groups excluding carboxylic acids is 1. The summed E-state index contributed by atoms with van der Waals surface area (Å²) in [6.45, 7) is 5.91. The highest BCUT2D eigenvalue weighted by Crippen LogP contribution is 2.23. The number of nitrogens with one attached hydrogen (secondary N) is 2. The number of benzene rings is 1. The van der Waals surface area contributed by atoms with Gasteiger partial charge in [0.15, 0.2) is 0 Å². The first kappa shape index (κ1) is 16.4. The molecule has 5 nitrogen and oxygen atoms in total. The molecule has 0 spiro atoms. The van der Waals surface area contributed by atoms with Crippen LogP contribution in [-0.2, 0) is 4.79 Å². The molecular formula is C18H28N4O. The second-order valence-electron chi connectivity index (χ2n) is 6.69. The molecule has 2 aliphatic heterocycles. The Morgan fingerprint density at radius 2 is 1.78 bits per heavy atom. The van der Waals surface area contributed by atoms with Crippen molar-refractivity contribution in [2.24, 2.45) is 0 Å². The lowest BCUT2D eigenvalue weighted by atomic mass is 10.0. The van der Waals surface area contributed by atoms with Crippen molar-refractivity contribution in [1.82, 2.24) is 20.4 Å². The molecule has 2 heterocycles. The highest BCUT2D eigenvalue weighted by atomic mass is 16.2. The molecule has 1 amide bonds. The molecule has 5 heteroatoms. The average molecular weight is 316 g/mol. The summed E-state index contributed by atoms with van der Waals surface area (Å²) in [5, 5.41) is 6.64. The third-order valence-electron chi connectivity index (χ3n) is 4.95. The van der Waals surface area contributed by atoms with Crippen molar-refractivity contribution in [1.29, 1.82) is 0 Å². The van der Waals surface area contributed by atoms with E-state index >= 15 is 0 Å². The molecule has 1 unspecified atom stereocenters. The summed E-state index contributed by atoms with van der Waals surface area (Å²) in [5.74, 6) is 0.160. The van der Waals surface area contributed by atoms with E-state index in [-0.39, 0.29) is 11.9 Å². The van der Waals surface area contributed by atoms with Crippen molar-refractivity contribution in [3.05, 3.63) is 35.9 Å². The normalized spacial score (nSPS) is 22.7. The Morgan fingerprint density at radius 3 is 2.43 bits per heavy atom. The van der Waals surface area contributed by atoms with Crippen LogP contribution < -0.4 is 10.6 Å². The number of piperidine rings is 1. The number of carbonyl (C=O) groups is 1. The van der Waals surface area contributed by atoms with Gasteiger partial charge in [-0.05, 0) is 38.5 Å². The summed E-state index contributed by atoms with van der Waals surface area (Å²) in [4.78, 5) is 17.7. The lowest BCUT2D eigenvalue weighted by molar-refractivity contribution is -0.128. The minimum absolute atomic E-state index is 0.160. The molecule has 2 aliphatic rings. The molecule has 0 aromatic heterocycles. The molecule has 1 atom stereocenters. The van der Waals surface area contributed by atoms with E-state index in [1.807, 2.05) is 18.2 Å². The van der Waals surface area contributed by atoms with E-state index in [1.165, 1.54) is 0 Å². The summed E-state index contributed by atoms with van der Waals surface area (Å²) in [7, 11) is 2.14. The summed E-state index contributed by atoms with van der Waals surface area (Å²) in [6, 6.07) is 10.3. The number of hydrogen-bond donors (Lipinski definition) is 2. The van der Waals surface area contributed by atoms with E-state index in [2.05, 4.69) is 39.6 Å². The first-order valence-electron chi connectivity index (χ1n) is 8.72. The van der Waals surface area contributed by atoms with Crippen LogP contribution in [0.2, 0.25) is 0 Å². The van der Waals surface area contributed by atoms with Crippen LogP contribution >= 0.6 is 0 Å². The minimum Gasteiger partial charge on any atom is -0.352 e. The maximum absolute atomic E-state index is 13.0. The van der Waals surface area contributed by atoms with Gasteiger partial charge in [0.05, 0.1) is 0 Å². The fourth-order valence-electron chi connectivity index (χ4n) is 3.49. The predicted octanol–water partition coefficient (Wildman–Crippen LogP) is 0.843. The van der Waals surface area contributed by atoms with Crippen molar-refractivity contribution in [3.63, 3.8) is 0 Å². The van der Waals surface area contributed by atoms with Crippen molar-refractivity contribution in [2.75, 3.05) is 46.3 Å². The molecule has 23 heavy (non-hydrogen) atoms. The molecule has 2 saturated heterocycles. The fraction of sp³-hybridized carbons (Fsp3) is 0.611. The van der Waals surface area contributed by atoms with Gasteiger partial charge in [-0.1, -0.05) is 30.3 Å². The molecule has 0 aliphatic carbocycles. The molecule has 2 N–H and O–H groups in total. The van der Waals surface area contributed by atoms with Gasteiger partial charge in [0.25, 0.3) is 0 Å². The number of piperazine rings is 1. The maximum atomic E-state index is 13.0. The fourth-order valence-corrected chi connectivity index (χ4v) is 3.49. The zero-order valence-corrected chi connectivity index (χ0v) is 14.0. The zero-order valence-electron chi connectivity index (χ0n) is 14.0. The number of amides is 1. The third kappa shape index (κ3) is 4.31. The lowest BCUT2D eigenvalue weighted by Gasteiger charge is -2.38. The van der Waals surface area contributed by atoms with Crippen LogP contribution in [0.15, 0.2) is 30.3 Å². The minimum atomic E-state index is -0.167. The first-order valence-corrected chi connectivity index (χ1v) is 8.72. The Labute approximate surface area is 139 Å². The average Bonchev–Trinajstić information content (AvgIpc) is 2.59. The number of likely N-dealkylation sites (N-methyl/N-ethyl adjacent to an activating group) is 1. The van der Waals surface area contributed by atoms with E-state index in [0.717, 1.165) is 57.7 Å². The maximum Gasteiger partial charge on any atom is 0.242 e. The van der Waals surface area contributed by atoms with Crippen LogP contribution in [0.25, 0.3) is 0 Å². The van der Waals surface area contributed by atoms with Crippen LogP contribution in [0.4, 0.5) is 0 Å². The monoisotopic (exact) mass is 316 g/mol. The topological polar surface area (TPSA) is 47.6 Å². The van der Waals surface area contributed by atoms with Crippen LogP contribution in [0, 0.1) is 0 Å². The van der Waals surface area contributed by atoms with Gasteiger partial charge in [0, 0.05) is 32.2 Å². The Bertz CT molecular complexity index is 493. The highest BCUT2D eigenvalue weighted by Gasteiger charge is 2.31. The lowest BCUT2D eigenvalue weighted by Crippen LogP contribution is -2.52. The Balaban J connectivity index is 1.73. The van der Waals surface area contributed by atoms with E-state index in [1.54, 1.807) is 0 Å². The van der Waals surface area contributed by atoms with Gasteiger partial charge in [-0.15, -0.1) is 0 Å².